The Kier molecular flexibility index (Phi) is 10.4. The monoisotopic (exact) mass is 631 g/mol. The molecule has 0 aliphatic carbocycles. The molecule has 0 saturated carbocycles. The molecule has 2 heterocycles. The van der Waals surface area contributed by atoms with Gasteiger partial charge in [-0.15, -0.1) is 12.4 Å². The van der Waals surface area contributed by atoms with Crippen LogP contribution in [-0.2, 0) is 17.4 Å². The maximum atomic E-state index is 13.6. The fraction of sp³-hybridized carbons (Fsp3) is 0.464. The molecular formula is C28H31ClF5N5O2S. The van der Waals surface area contributed by atoms with Gasteiger partial charge in [0.2, 0.25) is 6.43 Å². The number of thiocarbonyl (C=S) groups is 1. The first-order valence-electron chi connectivity index (χ1n) is 13.0. The predicted octanol–water partition coefficient (Wildman–Crippen LogP) is 5.40. The summed E-state index contributed by atoms with van der Waals surface area (Å²) >= 11 is 5.56. The zero-order chi connectivity index (χ0) is 30.1. The van der Waals surface area contributed by atoms with Crippen LogP contribution in [0.2, 0.25) is 0 Å². The average molecular weight is 632 g/mol. The maximum absolute atomic E-state index is 13.6. The van der Waals surface area contributed by atoms with Crippen LogP contribution in [0.4, 0.5) is 33.3 Å². The molecule has 2 aromatic carbocycles. The zero-order valence-electron chi connectivity index (χ0n) is 23.2. The van der Waals surface area contributed by atoms with E-state index in [0.29, 0.717) is 30.9 Å². The SMILES string of the molecule is C[C@@H]1CN(CCOc2ccc(N3C(=S)N(c4ccc(C#N)c(C(F)(F)F)c4)C(=O)C3(C)C)cc2CC(F)F)CCN1.Cl. The van der Waals surface area contributed by atoms with Crippen molar-refractivity contribution >= 4 is 47.0 Å². The summed E-state index contributed by atoms with van der Waals surface area (Å²) in [7, 11) is 0. The van der Waals surface area contributed by atoms with Gasteiger partial charge in [0, 0.05) is 49.9 Å². The van der Waals surface area contributed by atoms with Gasteiger partial charge in [-0.05, 0) is 69.4 Å². The smallest absolute Gasteiger partial charge is 0.417 e. The number of nitrogens with zero attached hydrogens (tertiary/aromatic N) is 4. The molecule has 1 atom stereocenters. The topological polar surface area (TPSA) is 71.8 Å². The first-order chi connectivity index (χ1) is 19.2. The van der Waals surface area contributed by atoms with Crippen LogP contribution in [0.5, 0.6) is 5.75 Å². The van der Waals surface area contributed by atoms with E-state index in [1.807, 2.05) is 0 Å². The number of alkyl halides is 5. The van der Waals surface area contributed by atoms with Crippen LogP contribution >= 0.6 is 24.6 Å². The summed E-state index contributed by atoms with van der Waals surface area (Å²) in [6.45, 7) is 8.64. The van der Waals surface area contributed by atoms with Gasteiger partial charge in [-0.25, -0.2) is 8.78 Å². The number of nitriles is 1. The molecule has 2 saturated heterocycles. The third kappa shape index (κ3) is 6.94. The molecule has 14 heteroatoms. The molecule has 2 fully saturated rings. The third-order valence-corrected chi connectivity index (χ3v) is 7.51. The normalized spacial score (nSPS) is 19.2. The fourth-order valence-electron chi connectivity index (χ4n) is 5.13. The molecule has 2 aromatic rings. The number of ether oxygens (including phenoxy) is 1. The summed E-state index contributed by atoms with van der Waals surface area (Å²) in [6, 6.07) is 9.37. The van der Waals surface area contributed by atoms with E-state index >= 15 is 0 Å². The predicted molar refractivity (Wildman–Crippen MR) is 156 cm³/mol. The Morgan fingerprint density at radius 3 is 2.50 bits per heavy atom. The molecule has 0 spiro atoms. The Hall–Kier alpha value is -3.05. The van der Waals surface area contributed by atoms with Crippen molar-refractivity contribution in [3.8, 4) is 11.8 Å². The summed E-state index contributed by atoms with van der Waals surface area (Å²) in [5, 5.41) is 12.4. The molecule has 228 valence electrons. The van der Waals surface area contributed by atoms with Crippen molar-refractivity contribution in [2.75, 3.05) is 42.6 Å². The highest BCUT2D eigenvalue weighted by atomic mass is 35.5. The molecule has 42 heavy (non-hydrogen) atoms. The van der Waals surface area contributed by atoms with E-state index in [0.717, 1.165) is 30.6 Å². The minimum atomic E-state index is -4.83. The number of benzene rings is 2. The highest BCUT2D eigenvalue weighted by Gasteiger charge is 2.51. The quantitative estimate of drug-likeness (QED) is 0.309. The van der Waals surface area contributed by atoms with Crippen LogP contribution in [0.3, 0.4) is 0 Å². The molecule has 1 amide bonds. The zero-order valence-corrected chi connectivity index (χ0v) is 24.8. The molecule has 0 aromatic heterocycles. The lowest BCUT2D eigenvalue weighted by Gasteiger charge is -2.32. The standard InChI is InChI=1S/C28H30F5N5O2S.ClH/c1-17-16-36(9-8-35-17)10-11-40-23-7-6-21(12-19(23)13-24(29)30)38-26(41)37(25(39)27(38,2)3)20-5-4-18(15-34)22(14-20)28(31,32)33;/h4-7,12,14,17,24,35H,8-11,13,16H2,1-3H3;1H/t17-;/m1./s1. The molecule has 0 unspecified atom stereocenters. The highest BCUT2D eigenvalue weighted by molar-refractivity contribution is 7.81. The number of hydrogen-bond donors (Lipinski definition) is 1. The molecule has 1 N–H and O–H groups in total. The fourth-order valence-corrected chi connectivity index (χ4v) is 5.65. The Bertz CT molecular complexity index is 1370. The lowest BCUT2D eigenvalue weighted by atomic mass is 10.0. The molecule has 0 bridgehead atoms. The number of anilines is 2. The molecular weight excluding hydrogens is 601 g/mol. The van der Waals surface area contributed by atoms with Crippen LogP contribution in [0, 0.1) is 11.3 Å². The van der Waals surface area contributed by atoms with E-state index in [2.05, 4.69) is 17.1 Å². The van der Waals surface area contributed by atoms with Crippen molar-refractivity contribution in [1.29, 1.82) is 5.26 Å². The lowest BCUT2D eigenvalue weighted by Crippen LogP contribution is -2.50. The number of halogens is 6. The van der Waals surface area contributed by atoms with E-state index < -0.39 is 41.6 Å². The van der Waals surface area contributed by atoms with Gasteiger partial charge in [0.25, 0.3) is 5.91 Å². The van der Waals surface area contributed by atoms with E-state index in [9.17, 15) is 26.7 Å². The Labute approximate surface area is 252 Å². The van der Waals surface area contributed by atoms with E-state index in [4.69, 9.17) is 22.2 Å². The van der Waals surface area contributed by atoms with Gasteiger partial charge in [-0.1, -0.05) is 0 Å². The second-order valence-electron chi connectivity index (χ2n) is 10.5. The van der Waals surface area contributed by atoms with Crippen LogP contribution in [0.25, 0.3) is 0 Å². The first kappa shape index (κ1) is 33.5. The molecule has 0 radical (unpaired) electrons. The number of piperazine rings is 1. The Morgan fingerprint density at radius 1 is 1.19 bits per heavy atom. The molecule has 4 rings (SSSR count). The number of nitrogens with one attached hydrogen (secondary N) is 1. The second kappa shape index (κ2) is 13.1. The lowest BCUT2D eigenvalue weighted by molar-refractivity contribution is -0.137. The van der Waals surface area contributed by atoms with E-state index in [-0.39, 0.29) is 34.5 Å². The first-order valence-corrected chi connectivity index (χ1v) is 13.4. The van der Waals surface area contributed by atoms with E-state index in [1.165, 1.54) is 23.1 Å². The summed E-state index contributed by atoms with van der Waals surface area (Å²) in [6.07, 6.45) is -8.10. The third-order valence-electron chi connectivity index (χ3n) is 7.15. The van der Waals surface area contributed by atoms with Crippen molar-refractivity contribution in [1.82, 2.24) is 10.2 Å². The van der Waals surface area contributed by atoms with Crippen molar-refractivity contribution in [3.05, 3.63) is 53.1 Å². The van der Waals surface area contributed by atoms with Gasteiger partial charge in [-0.3, -0.25) is 14.6 Å². The summed E-state index contributed by atoms with van der Waals surface area (Å²) in [5.41, 5.74) is -2.76. The average Bonchev–Trinajstić information content (AvgIpc) is 3.06. The van der Waals surface area contributed by atoms with Gasteiger partial charge in [0.15, 0.2) is 5.11 Å². The number of carbonyl (C=O) groups excluding carboxylic acids is 1. The Morgan fingerprint density at radius 2 is 1.88 bits per heavy atom. The van der Waals surface area contributed by atoms with Gasteiger partial charge in [0.1, 0.15) is 17.9 Å². The highest BCUT2D eigenvalue weighted by Crippen LogP contribution is 2.40. The molecule has 2 aliphatic heterocycles. The summed E-state index contributed by atoms with van der Waals surface area (Å²) < 4.78 is 73.8. The van der Waals surface area contributed by atoms with Gasteiger partial charge >= 0.3 is 6.18 Å². The number of hydrogen-bond acceptors (Lipinski definition) is 6. The van der Waals surface area contributed by atoms with Gasteiger partial charge in [-0.2, -0.15) is 18.4 Å². The Balaban J connectivity index is 0.00000484. The summed E-state index contributed by atoms with van der Waals surface area (Å²) in [5.74, 6) is -0.327. The summed E-state index contributed by atoms with van der Waals surface area (Å²) in [4.78, 5) is 18.1. The van der Waals surface area contributed by atoms with Crippen molar-refractivity contribution in [2.24, 2.45) is 0 Å². The largest absolute Gasteiger partial charge is 0.492 e. The van der Waals surface area contributed by atoms with Gasteiger partial charge < -0.3 is 15.0 Å². The number of rotatable bonds is 8. The van der Waals surface area contributed by atoms with Crippen molar-refractivity contribution in [2.45, 2.75) is 51.4 Å². The second-order valence-corrected chi connectivity index (χ2v) is 10.9. The number of carbonyl (C=O) groups is 1. The molecule has 2 aliphatic rings. The van der Waals surface area contributed by atoms with Gasteiger partial charge in [0.05, 0.1) is 22.9 Å². The van der Waals surface area contributed by atoms with Crippen LogP contribution in [0.1, 0.15) is 37.5 Å². The van der Waals surface area contributed by atoms with E-state index in [1.54, 1.807) is 26.0 Å². The minimum absolute atomic E-state index is 0. The van der Waals surface area contributed by atoms with Crippen LogP contribution < -0.4 is 19.9 Å². The minimum Gasteiger partial charge on any atom is -0.492 e. The van der Waals surface area contributed by atoms with Crippen molar-refractivity contribution < 1.29 is 31.5 Å². The molecule has 7 nitrogen and oxygen atoms in total. The van der Waals surface area contributed by atoms with Crippen LogP contribution in [0.15, 0.2) is 36.4 Å². The maximum Gasteiger partial charge on any atom is 0.417 e. The van der Waals surface area contributed by atoms with Crippen LogP contribution in [-0.4, -0.2) is 66.7 Å². The van der Waals surface area contributed by atoms with Crippen molar-refractivity contribution in [3.63, 3.8) is 0 Å². The number of amides is 1.